The molecular formula is C22H23N3O2. The molecular weight excluding hydrogens is 338 g/mol. The second-order valence-electron chi connectivity index (χ2n) is 6.21. The van der Waals surface area contributed by atoms with Gasteiger partial charge in [0.25, 0.3) is 5.91 Å². The lowest BCUT2D eigenvalue weighted by molar-refractivity contribution is 0.0988. The fourth-order valence-corrected chi connectivity index (χ4v) is 2.89. The molecule has 0 fully saturated rings. The van der Waals surface area contributed by atoms with Gasteiger partial charge in [-0.25, -0.2) is 0 Å². The number of aromatic nitrogens is 1. The van der Waals surface area contributed by atoms with E-state index in [2.05, 4.69) is 10.3 Å². The standard InChI is InChI=1S/C22H23N3O2/c1-4-25(20-9-5-7-16(2)11-20)22(26)17-12-19(15-23-14-17)24-18-8-6-10-21(13-18)27-3/h5-15,24H,4H2,1-3H3. The van der Waals surface area contributed by atoms with Gasteiger partial charge in [-0.1, -0.05) is 18.2 Å². The molecule has 5 heteroatoms. The van der Waals surface area contributed by atoms with Crippen molar-refractivity contribution in [1.29, 1.82) is 0 Å². The van der Waals surface area contributed by atoms with Crippen LogP contribution in [0.15, 0.2) is 67.0 Å². The van der Waals surface area contributed by atoms with Gasteiger partial charge in [0.15, 0.2) is 0 Å². The molecule has 0 bridgehead atoms. The van der Waals surface area contributed by atoms with Crippen LogP contribution in [0, 0.1) is 6.92 Å². The van der Waals surface area contributed by atoms with Gasteiger partial charge in [0, 0.05) is 30.2 Å². The van der Waals surface area contributed by atoms with E-state index in [0.29, 0.717) is 12.1 Å². The zero-order valence-corrected chi connectivity index (χ0v) is 15.8. The Balaban J connectivity index is 1.84. The summed E-state index contributed by atoms with van der Waals surface area (Å²) in [5, 5.41) is 3.27. The number of carbonyl (C=O) groups is 1. The number of methoxy groups -OCH3 is 1. The maximum Gasteiger partial charge on any atom is 0.259 e. The number of nitrogens with zero attached hydrogens (tertiary/aromatic N) is 2. The van der Waals surface area contributed by atoms with Gasteiger partial charge in [0.1, 0.15) is 5.75 Å². The molecule has 0 spiro atoms. The van der Waals surface area contributed by atoms with Gasteiger partial charge in [-0.15, -0.1) is 0 Å². The summed E-state index contributed by atoms with van der Waals surface area (Å²) in [6.45, 7) is 4.56. The molecule has 1 aromatic heterocycles. The molecule has 0 saturated carbocycles. The predicted octanol–water partition coefficient (Wildman–Crippen LogP) is 4.81. The summed E-state index contributed by atoms with van der Waals surface area (Å²) < 4.78 is 5.24. The smallest absolute Gasteiger partial charge is 0.259 e. The highest BCUT2D eigenvalue weighted by molar-refractivity contribution is 6.06. The Morgan fingerprint density at radius 1 is 1.07 bits per heavy atom. The zero-order valence-electron chi connectivity index (χ0n) is 15.8. The van der Waals surface area contributed by atoms with E-state index in [9.17, 15) is 4.79 Å². The van der Waals surface area contributed by atoms with E-state index >= 15 is 0 Å². The van der Waals surface area contributed by atoms with Crippen LogP contribution in [0.5, 0.6) is 5.75 Å². The highest BCUT2D eigenvalue weighted by Crippen LogP contribution is 2.23. The van der Waals surface area contributed by atoms with E-state index in [1.165, 1.54) is 0 Å². The summed E-state index contributed by atoms with van der Waals surface area (Å²) in [4.78, 5) is 19.0. The molecule has 3 rings (SSSR count). The fourth-order valence-electron chi connectivity index (χ4n) is 2.89. The van der Waals surface area contributed by atoms with E-state index in [1.54, 1.807) is 24.4 Å². The van der Waals surface area contributed by atoms with E-state index in [0.717, 1.165) is 28.4 Å². The molecule has 5 nitrogen and oxygen atoms in total. The van der Waals surface area contributed by atoms with Gasteiger partial charge >= 0.3 is 0 Å². The number of hydrogen-bond acceptors (Lipinski definition) is 4. The highest BCUT2D eigenvalue weighted by atomic mass is 16.5. The molecule has 0 radical (unpaired) electrons. The van der Waals surface area contributed by atoms with Gasteiger partial charge in [0.05, 0.1) is 24.6 Å². The molecule has 0 aliphatic rings. The average Bonchev–Trinajstić information content (AvgIpc) is 2.69. The molecule has 1 heterocycles. The number of benzene rings is 2. The van der Waals surface area contributed by atoms with Crippen LogP contribution < -0.4 is 15.0 Å². The van der Waals surface area contributed by atoms with Crippen LogP contribution in [0.1, 0.15) is 22.8 Å². The third-order valence-corrected chi connectivity index (χ3v) is 4.22. The third kappa shape index (κ3) is 4.44. The predicted molar refractivity (Wildman–Crippen MR) is 109 cm³/mol. The van der Waals surface area contributed by atoms with E-state index < -0.39 is 0 Å². The summed E-state index contributed by atoms with van der Waals surface area (Å²) in [5.74, 6) is 0.682. The lowest BCUT2D eigenvalue weighted by Crippen LogP contribution is -2.30. The van der Waals surface area contributed by atoms with Crippen LogP contribution in [0.3, 0.4) is 0 Å². The number of anilines is 3. The molecule has 1 amide bonds. The summed E-state index contributed by atoms with van der Waals surface area (Å²) in [5.41, 5.74) is 4.14. The van der Waals surface area contributed by atoms with Crippen molar-refractivity contribution in [3.8, 4) is 5.75 Å². The Kier molecular flexibility index (Phi) is 5.71. The van der Waals surface area contributed by atoms with E-state index in [1.807, 2.05) is 68.4 Å². The maximum absolute atomic E-state index is 13.0. The van der Waals surface area contributed by atoms with Crippen LogP contribution in [-0.4, -0.2) is 24.5 Å². The molecule has 0 aliphatic heterocycles. The van der Waals surface area contributed by atoms with Crippen molar-refractivity contribution in [3.05, 3.63) is 78.1 Å². The molecule has 0 aliphatic carbocycles. The number of pyridine rings is 1. The Bertz CT molecular complexity index is 940. The van der Waals surface area contributed by atoms with E-state index in [-0.39, 0.29) is 5.91 Å². The number of rotatable bonds is 6. The number of hydrogen-bond donors (Lipinski definition) is 1. The minimum absolute atomic E-state index is 0.0788. The van der Waals surface area contributed by atoms with Crippen molar-refractivity contribution in [2.45, 2.75) is 13.8 Å². The van der Waals surface area contributed by atoms with Crippen molar-refractivity contribution in [2.24, 2.45) is 0 Å². The quantitative estimate of drug-likeness (QED) is 0.685. The van der Waals surface area contributed by atoms with Gasteiger partial charge in [-0.2, -0.15) is 0 Å². The minimum atomic E-state index is -0.0788. The molecule has 0 unspecified atom stereocenters. The Labute approximate surface area is 159 Å². The second kappa shape index (κ2) is 8.36. The first-order valence-corrected chi connectivity index (χ1v) is 8.85. The Morgan fingerprint density at radius 2 is 1.89 bits per heavy atom. The van der Waals surface area contributed by atoms with Crippen molar-refractivity contribution < 1.29 is 9.53 Å². The number of aryl methyl sites for hydroxylation is 1. The van der Waals surface area contributed by atoms with Crippen LogP contribution in [-0.2, 0) is 0 Å². The molecule has 27 heavy (non-hydrogen) atoms. The summed E-state index contributed by atoms with van der Waals surface area (Å²) in [7, 11) is 1.63. The van der Waals surface area contributed by atoms with Crippen molar-refractivity contribution >= 4 is 23.0 Å². The van der Waals surface area contributed by atoms with Crippen molar-refractivity contribution in [1.82, 2.24) is 4.98 Å². The van der Waals surface area contributed by atoms with Gasteiger partial charge in [0.2, 0.25) is 0 Å². The Hall–Kier alpha value is -3.34. The average molecular weight is 361 g/mol. The van der Waals surface area contributed by atoms with Gasteiger partial charge in [-0.3, -0.25) is 9.78 Å². The van der Waals surface area contributed by atoms with E-state index in [4.69, 9.17) is 4.74 Å². The summed E-state index contributed by atoms with van der Waals surface area (Å²) in [6.07, 6.45) is 3.29. The largest absolute Gasteiger partial charge is 0.497 e. The molecule has 0 atom stereocenters. The number of carbonyl (C=O) groups excluding carboxylic acids is 1. The monoisotopic (exact) mass is 361 g/mol. The maximum atomic E-state index is 13.0. The molecule has 0 saturated heterocycles. The zero-order chi connectivity index (χ0) is 19.2. The van der Waals surface area contributed by atoms with Gasteiger partial charge in [-0.05, 0) is 49.7 Å². The number of nitrogens with one attached hydrogen (secondary N) is 1. The van der Waals surface area contributed by atoms with Crippen LogP contribution in [0.25, 0.3) is 0 Å². The topological polar surface area (TPSA) is 54.5 Å². The molecule has 2 aromatic carbocycles. The van der Waals surface area contributed by atoms with Crippen molar-refractivity contribution in [3.63, 3.8) is 0 Å². The minimum Gasteiger partial charge on any atom is -0.497 e. The first kappa shape index (κ1) is 18.5. The molecule has 1 N–H and O–H groups in total. The summed E-state index contributed by atoms with van der Waals surface area (Å²) in [6, 6.07) is 17.3. The molecule has 138 valence electrons. The number of ether oxygens (including phenoxy) is 1. The number of amides is 1. The Morgan fingerprint density at radius 3 is 2.63 bits per heavy atom. The van der Waals surface area contributed by atoms with Crippen LogP contribution in [0.4, 0.5) is 17.1 Å². The third-order valence-electron chi connectivity index (χ3n) is 4.22. The first-order valence-electron chi connectivity index (χ1n) is 8.85. The van der Waals surface area contributed by atoms with Crippen LogP contribution >= 0.6 is 0 Å². The lowest BCUT2D eigenvalue weighted by Gasteiger charge is -2.21. The van der Waals surface area contributed by atoms with Gasteiger partial charge < -0.3 is 15.0 Å². The summed E-state index contributed by atoms with van der Waals surface area (Å²) >= 11 is 0. The van der Waals surface area contributed by atoms with Crippen molar-refractivity contribution in [2.75, 3.05) is 23.9 Å². The first-order chi connectivity index (χ1) is 13.1. The second-order valence-corrected chi connectivity index (χ2v) is 6.21. The molecule has 3 aromatic rings. The SMILES string of the molecule is CCN(C(=O)c1cncc(Nc2cccc(OC)c2)c1)c1cccc(C)c1. The van der Waals surface area contributed by atoms with Crippen LogP contribution in [0.2, 0.25) is 0 Å². The lowest BCUT2D eigenvalue weighted by atomic mass is 10.1. The fraction of sp³-hybridized carbons (Fsp3) is 0.182. The normalized spacial score (nSPS) is 10.3. The highest BCUT2D eigenvalue weighted by Gasteiger charge is 2.17.